The normalized spacial score (nSPS) is 11.5. The van der Waals surface area contributed by atoms with Crippen LogP contribution in [0.4, 0.5) is 5.95 Å². The maximum absolute atomic E-state index is 12.3. The number of hydrogen-bond donors (Lipinski definition) is 2. The Labute approximate surface area is 154 Å². The number of H-pyrrole nitrogens is 1. The van der Waals surface area contributed by atoms with Crippen LogP contribution >= 0.6 is 11.6 Å². The van der Waals surface area contributed by atoms with Crippen LogP contribution in [0.25, 0.3) is 11.2 Å². The summed E-state index contributed by atoms with van der Waals surface area (Å²) in [5.74, 6) is 0.392. The molecule has 9 heteroatoms. The molecule has 2 N–H and O–H groups in total. The zero-order valence-electron chi connectivity index (χ0n) is 14.5. The Balaban J connectivity index is 2.03. The average molecular weight is 375 g/mol. The molecule has 0 spiro atoms. The molecule has 0 saturated heterocycles. The van der Waals surface area contributed by atoms with Gasteiger partial charge in [-0.25, -0.2) is 10.2 Å². The van der Waals surface area contributed by atoms with Crippen molar-refractivity contribution in [1.82, 2.24) is 19.1 Å². The Kier molecular flexibility index (Phi) is 5.22. The predicted octanol–water partition coefficient (Wildman–Crippen LogP) is 2.32. The Hall–Kier alpha value is -2.87. The quantitative estimate of drug-likeness (QED) is 0.511. The number of aromatic amines is 1. The number of nitrogens with one attached hydrogen (secondary N) is 2. The summed E-state index contributed by atoms with van der Waals surface area (Å²) in [7, 11) is 1.56. The number of aryl methyl sites for hydroxylation is 2. The van der Waals surface area contributed by atoms with Gasteiger partial charge in [-0.2, -0.15) is 10.1 Å². The van der Waals surface area contributed by atoms with Crippen LogP contribution in [0.15, 0.2) is 39.0 Å². The van der Waals surface area contributed by atoms with E-state index in [1.165, 1.54) is 4.57 Å². The zero-order valence-corrected chi connectivity index (χ0v) is 15.2. The van der Waals surface area contributed by atoms with Gasteiger partial charge in [-0.3, -0.25) is 14.3 Å². The first-order valence-corrected chi connectivity index (χ1v) is 8.64. The van der Waals surface area contributed by atoms with Crippen molar-refractivity contribution in [3.8, 4) is 0 Å². The third-order valence-electron chi connectivity index (χ3n) is 4.02. The largest absolute Gasteiger partial charge is 0.329 e. The highest BCUT2D eigenvalue weighted by molar-refractivity contribution is 6.33. The van der Waals surface area contributed by atoms with Crippen LogP contribution in [0.5, 0.6) is 0 Å². The summed E-state index contributed by atoms with van der Waals surface area (Å²) in [5.41, 5.74) is 3.29. The van der Waals surface area contributed by atoms with Crippen LogP contribution in [0.2, 0.25) is 5.02 Å². The van der Waals surface area contributed by atoms with E-state index in [2.05, 4.69) is 27.4 Å². The highest BCUT2D eigenvalue weighted by atomic mass is 35.5. The average Bonchev–Trinajstić information content (AvgIpc) is 2.99. The molecule has 8 nitrogen and oxygen atoms in total. The first kappa shape index (κ1) is 17.9. The van der Waals surface area contributed by atoms with E-state index in [1.807, 2.05) is 18.2 Å². The molecule has 0 atom stereocenters. The number of halogens is 1. The van der Waals surface area contributed by atoms with E-state index in [9.17, 15) is 9.59 Å². The number of imidazole rings is 1. The van der Waals surface area contributed by atoms with Crippen LogP contribution in [-0.4, -0.2) is 25.3 Å². The maximum atomic E-state index is 12.3. The van der Waals surface area contributed by atoms with Crippen molar-refractivity contribution in [3.05, 3.63) is 55.7 Å². The molecule has 0 fully saturated rings. The van der Waals surface area contributed by atoms with Crippen molar-refractivity contribution in [2.75, 3.05) is 5.43 Å². The lowest BCUT2D eigenvalue weighted by Crippen LogP contribution is -2.29. The van der Waals surface area contributed by atoms with Gasteiger partial charge in [-0.15, -0.1) is 0 Å². The number of hydrazone groups is 1. The molecule has 0 aliphatic carbocycles. The molecular weight excluding hydrogens is 356 g/mol. The topological polar surface area (TPSA) is 97.1 Å². The summed E-state index contributed by atoms with van der Waals surface area (Å²) in [6.07, 6.45) is 3.39. The molecule has 3 rings (SSSR count). The van der Waals surface area contributed by atoms with Gasteiger partial charge >= 0.3 is 5.69 Å². The number of aromatic nitrogens is 4. The highest BCUT2D eigenvalue weighted by Gasteiger charge is 2.16. The lowest BCUT2D eigenvalue weighted by atomic mass is 10.2. The first-order chi connectivity index (χ1) is 12.5. The number of fused-ring (bicyclic) bond motifs is 1. The number of rotatable bonds is 6. The SMILES string of the molecule is CCCCn1c(N/N=C\c2ccccc2Cl)nc2c1c(=O)[nH]c(=O)n2C. The smallest absolute Gasteiger partial charge is 0.303 e. The van der Waals surface area contributed by atoms with E-state index < -0.39 is 11.2 Å². The standard InChI is InChI=1S/C17H19ClN6O2/c1-3-4-9-24-13-14(23(2)17(26)21-15(13)25)20-16(24)22-19-10-11-7-5-6-8-12(11)18/h5-8,10H,3-4,9H2,1-2H3,(H,20,22)(H,21,25,26)/b19-10-. The van der Waals surface area contributed by atoms with Gasteiger partial charge in [0.15, 0.2) is 11.2 Å². The fraction of sp³-hybridized carbons (Fsp3) is 0.294. The molecule has 0 radical (unpaired) electrons. The summed E-state index contributed by atoms with van der Waals surface area (Å²) < 4.78 is 3.04. The van der Waals surface area contributed by atoms with Gasteiger partial charge in [-0.05, 0) is 12.5 Å². The summed E-state index contributed by atoms with van der Waals surface area (Å²) in [6.45, 7) is 2.64. The maximum Gasteiger partial charge on any atom is 0.329 e. The molecule has 2 heterocycles. The van der Waals surface area contributed by atoms with Crippen molar-refractivity contribution in [2.45, 2.75) is 26.3 Å². The van der Waals surface area contributed by atoms with Crippen molar-refractivity contribution in [3.63, 3.8) is 0 Å². The second kappa shape index (κ2) is 7.57. The Bertz CT molecular complexity index is 1080. The number of anilines is 1. The molecule has 0 unspecified atom stereocenters. The van der Waals surface area contributed by atoms with Crippen molar-refractivity contribution >= 4 is 34.9 Å². The monoisotopic (exact) mass is 374 g/mol. The summed E-state index contributed by atoms with van der Waals surface area (Å²) in [4.78, 5) is 30.8. The number of benzene rings is 1. The number of nitrogens with zero attached hydrogens (tertiary/aromatic N) is 4. The third kappa shape index (κ3) is 3.41. The van der Waals surface area contributed by atoms with Gasteiger partial charge < -0.3 is 4.57 Å². The van der Waals surface area contributed by atoms with E-state index in [-0.39, 0.29) is 0 Å². The minimum Gasteiger partial charge on any atom is -0.303 e. The predicted molar refractivity (Wildman–Crippen MR) is 103 cm³/mol. The van der Waals surface area contributed by atoms with Crippen LogP contribution in [0.1, 0.15) is 25.3 Å². The van der Waals surface area contributed by atoms with Crippen LogP contribution < -0.4 is 16.7 Å². The van der Waals surface area contributed by atoms with E-state index in [0.29, 0.717) is 28.7 Å². The summed E-state index contributed by atoms with van der Waals surface area (Å²) in [6, 6.07) is 7.31. The minimum absolute atomic E-state index is 0.310. The van der Waals surface area contributed by atoms with Gasteiger partial charge in [0.1, 0.15) is 0 Å². The summed E-state index contributed by atoms with van der Waals surface area (Å²) in [5, 5.41) is 4.76. The highest BCUT2D eigenvalue weighted by Crippen LogP contribution is 2.17. The molecule has 3 aromatic rings. The Morgan fingerprint density at radius 3 is 2.85 bits per heavy atom. The van der Waals surface area contributed by atoms with Gasteiger partial charge in [0, 0.05) is 24.2 Å². The number of hydrogen-bond acceptors (Lipinski definition) is 5. The molecule has 1 aromatic carbocycles. The van der Waals surface area contributed by atoms with Gasteiger partial charge in [0.25, 0.3) is 5.56 Å². The fourth-order valence-electron chi connectivity index (χ4n) is 2.59. The minimum atomic E-state index is -0.506. The molecule has 0 saturated carbocycles. The Morgan fingerprint density at radius 1 is 1.35 bits per heavy atom. The fourth-order valence-corrected chi connectivity index (χ4v) is 2.78. The van der Waals surface area contributed by atoms with Gasteiger partial charge in [0.2, 0.25) is 5.95 Å². The van der Waals surface area contributed by atoms with Crippen LogP contribution in [0, 0.1) is 0 Å². The number of unbranched alkanes of at least 4 members (excludes halogenated alkanes) is 1. The Morgan fingerprint density at radius 2 is 2.12 bits per heavy atom. The van der Waals surface area contributed by atoms with E-state index in [4.69, 9.17) is 11.6 Å². The molecule has 0 amide bonds. The molecule has 136 valence electrons. The second-order valence-electron chi connectivity index (χ2n) is 5.82. The van der Waals surface area contributed by atoms with Crippen molar-refractivity contribution < 1.29 is 0 Å². The summed E-state index contributed by atoms with van der Waals surface area (Å²) >= 11 is 6.11. The second-order valence-corrected chi connectivity index (χ2v) is 6.23. The van der Waals surface area contributed by atoms with Crippen LogP contribution in [-0.2, 0) is 13.6 Å². The lowest BCUT2D eigenvalue weighted by molar-refractivity contribution is 0.647. The van der Waals surface area contributed by atoms with E-state index in [1.54, 1.807) is 23.9 Å². The zero-order chi connectivity index (χ0) is 18.7. The first-order valence-electron chi connectivity index (χ1n) is 8.26. The van der Waals surface area contributed by atoms with Gasteiger partial charge in [0.05, 0.1) is 6.21 Å². The molecule has 2 aromatic heterocycles. The van der Waals surface area contributed by atoms with Crippen molar-refractivity contribution in [1.29, 1.82) is 0 Å². The molecular formula is C17H19ClN6O2. The van der Waals surface area contributed by atoms with E-state index >= 15 is 0 Å². The lowest BCUT2D eigenvalue weighted by Gasteiger charge is -2.07. The van der Waals surface area contributed by atoms with Gasteiger partial charge in [-0.1, -0.05) is 43.1 Å². The van der Waals surface area contributed by atoms with Crippen LogP contribution in [0.3, 0.4) is 0 Å². The molecule has 0 bridgehead atoms. The third-order valence-corrected chi connectivity index (χ3v) is 4.36. The molecule has 0 aliphatic rings. The molecule has 0 aliphatic heterocycles. The van der Waals surface area contributed by atoms with Crippen molar-refractivity contribution in [2.24, 2.45) is 12.1 Å². The molecule has 26 heavy (non-hydrogen) atoms. The van der Waals surface area contributed by atoms with E-state index in [0.717, 1.165) is 18.4 Å².